The number of anilines is 1. The standard InChI is InChI=1S/C12H20N2O4S/c1-4-14(5-6-15)19(16,17)12-8-10(13)9(2)7-11(12)18-3/h7-8,15H,4-6,13H2,1-3H3. The maximum absolute atomic E-state index is 12.5. The summed E-state index contributed by atoms with van der Waals surface area (Å²) in [5.74, 6) is 0.253. The molecule has 1 rings (SSSR count). The fourth-order valence-electron chi connectivity index (χ4n) is 1.74. The highest BCUT2D eigenvalue weighted by Gasteiger charge is 2.27. The van der Waals surface area contributed by atoms with Crippen LogP contribution in [0.25, 0.3) is 0 Å². The number of aryl methyl sites for hydroxylation is 1. The molecule has 19 heavy (non-hydrogen) atoms. The normalized spacial score (nSPS) is 11.8. The van der Waals surface area contributed by atoms with E-state index in [1.165, 1.54) is 17.5 Å². The summed E-state index contributed by atoms with van der Waals surface area (Å²) in [7, 11) is -2.32. The molecule has 0 atom stereocenters. The number of nitrogens with two attached hydrogens (primary N) is 1. The Labute approximate surface area is 113 Å². The number of hydrogen-bond acceptors (Lipinski definition) is 5. The maximum Gasteiger partial charge on any atom is 0.246 e. The molecule has 0 aliphatic carbocycles. The Morgan fingerprint density at radius 1 is 1.42 bits per heavy atom. The Morgan fingerprint density at radius 3 is 2.53 bits per heavy atom. The number of benzene rings is 1. The summed E-state index contributed by atoms with van der Waals surface area (Å²) in [6.07, 6.45) is 0. The summed E-state index contributed by atoms with van der Waals surface area (Å²) >= 11 is 0. The van der Waals surface area contributed by atoms with Gasteiger partial charge in [-0.15, -0.1) is 0 Å². The van der Waals surface area contributed by atoms with Crippen molar-refractivity contribution in [1.29, 1.82) is 0 Å². The number of ether oxygens (including phenoxy) is 1. The van der Waals surface area contributed by atoms with Crippen molar-refractivity contribution in [2.75, 3.05) is 32.5 Å². The van der Waals surface area contributed by atoms with Gasteiger partial charge < -0.3 is 15.6 Å². The van der Waals surface area contributed by atoms with E-state index >= 15 is 0 Å². The van der Waals surface area contributed by atoms with Gasteiger partial charge in [-0.25, -0.2) is 8.42 Å². The molecule has 0 amide bonds. The Kier molecular flexibility index (Phi) is 5.16. The van der Waals surface area contributed by atoms with Crippen LogP contribution in [0.3, 0.4) is 0 Å². The first-order valence-electron chi connectivity index (χ1n) is 5.93. The van der Waals surface area contributed by atoms with E-state index in [1.807, 2.05) is 0 Å². The zero-order valence-electron chi connectivity index (χ0n) is 11.4. The largest absolute Gasteiger partial charge is 0.495 e. The van der Waals surface area contributed by atoms with Crippen molar-refractivity contribution in [1.82, 2.24) is 4.31 Å². The van der Waals surface area contributed by atoms with E-state index < -0.39 is 10.0 Å². The number of rotatable bonds is 6. The molecule has 0 heterocycles. The molecule has 1 aromatic rings. The molecule has 0 aromatic heterocycles. The number of likely N-dealkylation sites (N-methyl/N-ethyl adjacent to an activating group) is 1. The van der Waals surface area contributed by atoms with E-state index in [0.29, 0.717) is 5.69 Å². The van der Waals surface area contributed by atoms with Crippen molar-refractivity contribution >= 4 is 15.7 Å². The highest BCUT2D eigenvalue weighted by molar-refractivity contribution is 7.89. The van der Waals surface area contributed by atoms with Gasteiger partial charge in [0.15, 0.2) is 0 Å². The second-order valence-electron chi connectivity index (χ2n) is 4.08. The molecule has 3 N–H and O–H groups in total. The maximum atomic E-state index is 12.5. The predicted octanol–water partition coefficient (Wildman–Crippen LogP) is 0.589. The topological polar surface area (TPSA) is 92.9 Å². The van der Waals surface area contributed by atoms with Gasteiger partial charge in [0.1, 0.15) is 10.6 Å². The second kappa shape index (κ2) is 6.23. The number of aliphatic hydroxyl groups is 1. The van der Waals surface area contributed by atoms with Crippen LogP contribution in [0.4, 0.5) is 5.69 Å². The van der Waals surface area contributed by atoms with Gasteiger partial charge >= 0.3 is 0 Å². The first-order chi connectivity index (χ1) is 8.88. The number of sulfonamides is 1. The number of aliphatic hydroxyl groups excluding tert-OH is 1. The lowest BCUT2D eigenvalue weighted by Gasteiger charge is -2.21. The smallest absolute Gasteiger partial charge is 0.246 e. The van der Waals surface area contributed by atoms with E-state index in [0.717, 1.165) is 5.56 Å². The van der Waals surface area contributed by atoms with E-state index in [-0.39, 0.29) is 30.3 Å². The Morgan fingerprint density at radius 2 is 2.05 bits per heavy atom. The molecular formula is C12H20N2O4S. The van der Waals surface area contributed by atoms with Crippen molar-refractivity contribution < 1.29 is 18.3 Å². The molecule has 0 saturated heterocycles. The van der Waals surface area contributed by atoms with Crippen molar-refractivity contribution in [3.05, 3.63) is 17.7 Å². The second-order valence-corrected chi connectivity index (χ2v) is 5.99. The van der Waals surface area contributed by atoms with Crippen LogP contribution in [0.5, 0.6) is 5.75 Å². The highest BCUT2D eigenvalue weighted by atomic mass is 32.2. The molecule has 1 aromatic carbocycles. The van der Waals surface area contributed by atoms with Gasteiger partial charge in [0, 0.05) is 18.8 Å². The van der Waals surface area contributed by atoms with Crippen molar-refractivity contribution in [2.45, 2.75) is 18.7 Å². The molecule has 7 heteroatoms. The van der Waals surface area contributed by atoms with Crippen LogP contribution in [0.1, 0.15) is 12.5 Å². The molecule has 0 bridgehead atoms. The summed E-state index contributed by atoms with van der Waals surface area (Å²) in [5, 5.41) is 8.94. The third-order valence-corrected chi connectivity index (χ3v) is 4.87. The van der Waals surface area contributed by atoms with E-state index in [2.05, 4.69) is 0 Å². The quantitative estimate of drug-likeness (QED) is 0.747. The third-order valence-electron chi connectivity index (χ3n) is 2.87. The predicted molar refractivity (Wildman–Crippen MR) is 73.7 cm³/mol. The molecular weight excluding hydrogens is 268 g/mol. The molecule has 6 nitrogen and oxygen atoms in total. The molecule has 0 aliphatic rings. The monoisotopic (exact) mass is 288 g/mol. The summed E-state index contributed by atoms with van der Waals surface area (Å²) in [6, 6.07) is 2.98. The van der Waals surface area contributed by atoms with E-state index in [9.17, 15) is 8.42 Å². The lowest BCUT2D eigenvalue weighted by atomic mass is 10.2. The summed E-state index contributed by atoms with van der Waals surface area (Å²) in [6.45, 7) is 3.54. The van der Waals surface area contributed by atoms with Crippen LogP contribution in [-0.2, 0) is 10.0 Å². The van der Waals surface area contributed by atoms with Gasteiger partial charge in [-0.2, -0.15) is 4.31 Å². The van der Waals surface area contributed by atoms with Crippen LogP contribution < -0.4 is 10.5 Å². The highest BCUT2D eigenvalue weighted by Crippen LogP contribution is 2.30. The number of nitrogens with zero attached hydrogens (tertiary/aromatic N) is 1. The van der Waals surface area contributed by atoms with Gasteiger partial charge in [0.2, 0.25) is 10.0 Å². The van der Waals surface area contributed by atoms with Gasteiger partial charge in [-0.1, -0.05) is 6.92 Å². The molecule has 0 radical (unpaired) electrons. The van der Waals surface area contributed by atoms with Crippen LogP contribution in [0.2, 0.25) is 0 Å². The van der Waals surface area contributed by atoms with E-state index in [4.69, 9.17) is 15.6 Å². The zero-order chi connectivity index (χ0) is 14.6. The molecule has 0 fully saturated rings. The number of hydrogen-bond donors (Lipinski definition) is 2. The van der Waals surface area contributed by atoms with Crippen molar-refractivity contribution in [3.63, 3.8) is 0 Å². The molecule has 108 valence electrons. The summed E-state index contributed by atoms with van der Waals surface area (Å²) in [5.41, 5.74) is 6.91. The van der Waals surface area contributed by atoms with Gasteiger partial charge in [0.05, 0.1) is 13.7 Å². The van der Waals surface area contributed by atoms with Crippen LogP contribution in [0, 0.1) is 6.92 Å². The minimum absolute atomic E-state index is 0.0217. The van der Waals surface area contributed by atoms with Crippen LogP contribution in [-0.4, -0.2) is 44.6 Å². The lowest BCUT2D eigenvalue weighted by Crippen LogP contribution is -2.33. The van der Waals surface area contributed by atoms with Crippen LogP contribution in [0.15, 0.2) is 17.0 Å². The fraction of sp³-hybridized carbons (Fsp3) is 0.500. The van der Waals surface area contributed by atoms with Gasteiger partial charge in [-0.05, 0) is 24.6 Å². The molecule has 0 aliphatic heterocycles. The Balaban J connectivity index is 3.38. The first-order valence-corrected chi connectivity index (χ1v) is 7.37. The molecule has 0 saturated carbocycles. The minimum atomic E-state index is -3.73. The fourth-order valence-corrected chi connectivity index (χ4v) is 3.35. The summed E-state index contributed by atoms with van der Waals surface area (Å²) < 4.78 is 31.2. The van der Waals surface area contributed by atoms with Crippen molar-refractivity contribution in [3.8, 4) is 5.75 Å². The third kappa shape index (κ3) is 3.17. The molecule has 0 unspecified atom stereocenters. The average molecular weight is 288 g/mol. The SMILES string of the molecule is CCN(CCO)S(=O)(=O)c1cc(N)c(C)cc1OC. The van der Waals surface area contributed by atoms with Crippen LogP contribution >= 0.6 is 0 Å². The zero-order valence-corrected chi connectivity index (χ0v) is 12.2. The molecule has 0 spiro atoms. The van der Waals surface area contributed by atoms with Gasteiger partial charge in [-0.3, -0.25) is 0 Å². The first kappa shape index (κ1) is 15.7. The Bertz CT molecular complexity index is 543. The van der Waals surface area contributed by atoms with E-state index in [1.54, 1.807) is 19.9 Å². The number of methoxy groups -OCH3 is 1. The number of nitrogen functional groups attached to an aromatic ring is 1. The Hall–Kier alpha value is -1.31. The van der Waals surface area contributed by atoms with Gasteiger partial charge in [0.25, 0.3) is 0 Å². The van der Waals surface area contributed by atoms with Crippen molar-refractivity contribution in [2.24, 2.45) is 0 Å². The summed E-state index contributed by atoms with van der Waals surface area (Å²) in [4.78, 5) is 0.0217. The lowest BCUT2D eigenvalue weighted by molar-refractivity contribution is 0.256. The minimum Gasteiger partial charge on any atom is -0.495 e. The average Bonchev–Trinajstić information content (AvgIpc) is 2.38.